The first-order valence-corrected chi connectivity index (χ1v) is 10.9. The molecule has 0 N–H and O–H groups in total. The van der Waals surface area contributed by atoms with Gasteiger partial charge in [0.1, 0.15) is 10.8 Å². The molecule has 0 saturated carbocycles. The third-order valence-electron chi connectivity index (χ3n) is 5.34. The molecule has 0 bridgehead atoms. The molecular weight excluding hydrogens is 417 g/mol. The van der Waals surface area contributed by atoms with E-state index in [9.17, 15) is 9.18 Å². The van der Waals surface area contributed by atoms with Crippen LogP contribution in [0.4, 0.5) is 4.39 Å². The number of amides is 1. The van der Waals surface area contributed by atoms with E-state index in [1.165, 1.54) is 12.1 Å². The maximum absolute atomic E-state index is 13.1. The lowest BCUT2D eigenvalue weighted by molar-refractivity contribution is 0.0628. The van der Waals surface area contributed by atoms with Gasteiger partial charge in [-0.1, -0.05) is 0 Å². The molecule has 162 valence electrons. The van der Waals surface area contributed by atoms with Gasteiger partial charge in [-0.05, 0) is 42.5 Å². The van der Waals surface area contributed by atoms with Crippen molar-refractivity contribution in [2.45, 2.75) is 6.54 Å². The summed E-state index contributed by atoms with van der Waals surface area (Å²) < 4.78 is 23.7. The van der Waals surface area contributed by atoms with Crippen LogP contribution in [0.3, 0.4) is 0 Å². The summed E-state index contributed by atoms with van der Waals surface area (Å²) in [5, 5.41) is 3.01. The molecule has 8 heteroatoms. The molecule has 2 heterocycles. The van der Waals surface area contributed by atoms with Crippen molar-refractivity contribution in [2.24, 2.45) is 0 Å². The molecule has 1 fully saturated rings. The van der Waals surface area contributed by atoms with E-state index in [4.69, 9.17) is 9.47 Å². The van der Waals surface area contributed by atoms with Gasteiger partial charge >= 0.3 is 0 Å². The molecule has 3 aromatic rings. The minimum Gasteiger partial charge on any atom is -0.493 e. The van der Waals surface area contributed by atoms with E-state index in [0.717, 1.165) is 35.9 Å². The maximum atomic E-state index is 13.1. The Morgan fingerprint density at radius 2 is 1.74 bits per heavy atom. The van der Waals surface area contributed by atoms with Crippen LogP contribution in [0.15, 0.2) is 47.8 Å². The largest absolute Gasteiger partial charge is 0.493 e. The highest BCUT2D eigenvalue weighted by atomic mass is 32.1. The van der Waals surface area contributed by atoms with Crippen LogP contribution >= 0.6 is 11.3 Å². The number of carbonyl (C=O) groups is 1. The molecule has 0 atom stereocenters. The number of aromatic nitrogens is 1. The summed E-state index contributed by atoms with van der Waals surface area (Å²) in [7, 11) is 3.13. The van der Waals surface area contributed by atoms with Gasteiger partial charge < -0.3 is 14.4 Å². The molecule has 1 aliphatic rings. The van der Waals surface area contributed by atoms with Crippen molar-refractivity contribution in [2.75, 3.05) is 40.4 Å². The zero-order chi connectivity index (χ0) is 21.8. The first-order chi connectivity index (χ1) is 15.1. The summed E-state index contributed by atoms with van der Waals surface area (Å²) in [5.41, 5.74) is 2.37. The summed E-state index contributed by atoms with van der Waals surface area (Å²) in [6.45, 7) is 3.62. The molecule has 0 spiro atoms. The second-order valence-electron chi connectivity index (χ2n) is 7.27. The molecule has 31 heavy (non-hydrogen) atoms. The van der Waals surface area contributed by atoms with Gasteiger partial charge in [0.25, 0.3) is 5.91 Å². The van der Waals surface area contributed by atoms with Crippen LogP contribution in [0.1, 0.15) is 15.4 Å². The van der Waals surface area contributed by atoms with E-state index < -0.39 is 0 Å². The van der Waals surface area contributed by atoms with Crippen molar-refractivity contribution in [3.05, 3.63) is 64.2 Å². The zero-order valence-electron chi connectivity index (χ0n) is 17.5. The fourth-order valence-corrected chi connectivity index (χ4v) is 4.43. The number of halogens is 1. The van der Waals surface area contributed by atoms with Crippen LogP contribution < -0.4 is 9.47 Å². The van der Waals surface area contributed by atoms with Crippen LogP contribution in [0.25, 0.3) is 11.3 Å². The Kier molecular flexibility index (Phi) is 6.48. The molecule has 1 amide bonds. The Labute approximate surface area is 184 Å². The van der Waals surface area contributed by atoms with E-state index in [-0.39, 0.29) is 11.7 Å². The normalized spacial score (nSPS) is 14.5. The van der Waals surface area contributed by atoms with Crippen molar-refractivity contribution < 1.29 is 18.7 Å². The van der Waals surface area contributed by atoms with Crippen LogP contribution in [0.2, 0.25) is 0 Å². The van der Waals surface area contributed by atoms with Crippen molar-refractivity contribution >= 4 is 17.2 Å². The van der Waals surface area contributed by atoms with Gasteiger partial charge in [-0.25, -0.2) is 9.37 Å². The predicted octanol–water partition coefficient (Wildman–Crippen LogP) is 3.92. The van der Waals surface area contributed by atoms with Gasteiger partial charge in [0.15, 0.2) is 11.5 Å². The van der Waals surface area contributed by atoms with E-state index >= 15 is 0 Å². The fourth-order valence-electron chi connectivity index (χ4n) is 3.59. The third-order valence-corrected chi connectivity index (χ3v) is 6.17. The lowest BCUT2D eigenvalue weighted by Crippen LogP contribution is -2.48. The van der Waals surface area contributed by atoms with Gasteiger partial charge in [0.2, 0.25) is 0 Å². The fraction of sp³-hybridized carbons (Fsp3) is 0.304. The van der Waals surface area contributed by atoms with Crippen molar-refractivity contribution in [3.8, 4) is 22.8 Å². The standard InChI is InChI=1S/C23H24FN3O3S/c1-29-20-8-5-17(13-21(20)30-2)23(28)27-11-9-26(10-12-27)14-22-25-19(15-31-22)16-3-6-18(24)7-4-16/h3-8,13,15H,9-12,14H2,1-2H3. The molecule has 2 aromatic carbocycles. The summed E-state index contributed by atoms with van der Waals surface area (Å²) >= 11 is 1.60. The third kappa shape index (κ3) is 4.86. The van der Waals surface area contributed by atoms with Crippen molar-refractivity contribution in [1.29, 1.82) is 0 Å². The second kappa shape index (κ2) is 9.45. The van der Waals surface area contributed by atoms with Crippen LogP contribution in [0, 0.1) is 5.82 Å². The Morgan fingerprint density at radius 3 is 2.42 bits per heavy atom. The molecule has 0 unspecified atom stereocenters. The number of rotatable bonds is 6. The number of ether oxygens (including phenoxy) is 2. The average molecular weight is 442 g/mol. The van der Waals surface area contributed by atoms with Gasteiger partial charge in [-0.15, -0.1) is 11.3 Å². The molecule has 6 nitrogen and oxygen atoms in total. The van der Waals surface area contributed by atoms with Crippen LogP contribution in [0.5, 0.6) is 11.5 Å². The Morgan fingerprint density at radius 1 is 1.03 bits per heavy atom. The average Bonchev–Trinajstić information content (AvgIpc) is 3.27. The monoisotopic (exact) mass is 441 g/mol. The minimum atomic E-state index is -0.250. The maximum Gasteiger partial charge on any atom is 0.254 e. The smallest absolute Gasteiger partial charge is 0.254 e. The van der Waals surface area contributed by atoms with Gasteiger partial charge in [-0.3, -0.25) is 9.69 Å². The molecule has 4 rings (SSSR count). The SMILES string of the molecule is COc1ccc(C(=O)N2CCN(Cc3nc(-c4ccc(F)cc4)cs3)CC2)cc1OC. The summed E-state index contributed by atoms with van der Waals surface area (Å²) in [4.78, 5) is 21.7. The second-order valence-corrected chi connectivity index (χ2v) is 8.21. The van der Waals surface area contributed by atoms with Crippen LogP contribution in [-0.4, -0.2) is 61.1 Å². The highest BCUT2D eigenvalue weighted by Gasteiger charge is 2.23. The van der Waals surface area contributed by atoms with Crippen molar-refractivity contribution in [1.82, 2.24) is 14.8 Å². The summed E-state index contributed by atoms with van der Waals surface area (Å²) in [5.74, 6) is 0.896. The topological polar surface area (TPSA) is 54.9 Å². The number of piperazine rings is 1. The molecule has 1 saturated heterocycles. The van der Waals surface area contributed by atoms with E-state index in [1.54, 1.807) is 55.9 Å². The number of benzene rings is 2. The number of carbonyl (C=O) groups excluding carboxylic acids is 1. The number of thiazole rings is 1. The Balaban J connectivity index is 1.34. The predicted molar refractivity (Wildman–Crippen MR) is 118 cm³/mol. The van der Waals surface area contributed by atoms with E-state index in [2.05, 4.69) is 9.88 Å². The number of methoxy groups -OCH3 is 2. The van der Waals surface area contributed by atoms with Crippen LogP contribution in [-0.2, 0) is 6.54 Å². The number of nitrogens with zero attached hydrogens (tertiary/aromatic N) is 3. The lowest BCUT2D eigenvalue weighted by atomic mass is 10.1. The Bertz CT molecular complexity index is 1050. The van der Waals surface area contributed by atoms with E-state index in [0.29, 0.717) is 30.2 Å². The van der Waals surface area contributed by atoms with E-state index in [1.807, 2.05) is 10.3 Å². The molecule has 0 radical (unpaired) electrons. The van der Waals surface area contributed by atoms with Crippen molar-refractivity contribution in [3.63, 3.8) is 0 Å². The first kappa shape index (κ1) is 21.3. The summed E-state index contributed by atoms with van der Waals surface area (Å²) in [6.07, 6.45) is 0. The summed E-state index contributed by atoms with van der Waals surface area (Å²) in [6, 6.07) is 11.6. The molecular formula is C23H24FN3O3S. The number of hydrogen-bond donors (Lipinski definition) is 0. The van der Waals surface area contributed by atoms with Gasteiger partial charge in [0.05, 0.1) is 26.5 Å². The molecule has 1 aromatic heterocycles. The first-order valence-electron chi connectivity index (χ1n) is 10.0. The Hall–Kier alpha value is -2.97. The molecule has 1 aliphatic heterocycles. The lowest BCUT2D eigenvalue weighted by Gasteiger charge is -2.34. The molecule has 0 aliphatic carbocycles. The highest BCUT2D eigenvalue weighted by Crippen LogP contribution is 2.28. The van der Waals surface area contributed by atoms with Gasteiger partial charge in [0, 0.05) is 42.7 Å². The zero-order valence-corrected chi connectivity index (χ0v) is 18.3. The number of hydrogen-bond acceptors (Lipinski definition) is 6. The van der Waals surface area contributed by atoms with Gasteiger partial charge in [-0.2, -0.15) is 0 Å². The highest BCUT2D eigenvalue weighted by molar-refractivity contribution is 7.09. The quantitative estimate of drug-likeness (QED) is 0.580. The minimum absolute atomic E-state index is 0.00607.